The van der Waals surface area contributed by atoms with Crippen LogP contribution in [0.2, 0.25) is 5.02 Å². The number of carbonyl (C=O) groups excluding carboxylic acids is 1. The third kappa shape index (κ3) is 4.80. The van der Waals surface area contributed by atoms with Crippen molar-refractivity contribution in [1.29, 1.82) is 0 Å². The van der Waals surface area contributed by atoms with Crippen molar-refractivity contribution in [3.8, 4) is 0 Å². The number of rotatable bonds is 6. The summed E-state index contributed by atoms with van der Waals surface area (Å²) in [6.07, 6.45) is 0.322. The lowest BCUT2D eigenvalue weighted by Crippen LogP contribution is -2.14. The zero-order valence-electron chi connectivity index (χ0n) is 12.6. The molecule has 7 heteroatoms. The van der Waals surface area contributed by atoms with Gasteiger partial charge in [0.2, 0.25) is 11.0 Å². The second-order valence-electron chi connectivity index (χ2n) is 4.96. The molecule has 2 aromatic carbocycles. The van der Waals surface area contributed by atoms with Gasteiger partial charge in [-0.25, -0.2) is 0 Å². The number of hydrogen-bond donors (Lipinski definition) is 1. The van der Waals surface area contributed by atoms with E-state index in [0.29, 0.717) is 17.3 Å². The van der Waals surface area contributed by atoms with Crippen LogP contribution in [0.15, 0.2) is 58.9 Å². The summed E-state index contributed by atoms with van der Waals surface area (Å²) < 4.78 is 0.796. The van der Waals surface area contributed by atoms with E-state index in [1.807, 2.05) is 54.6 Å². The van der Waals surface area contributed by atoms with Gasteiger partial charge in [-0.2, -0.15) is 0 Å². The van der Waals surface area contributed by atoms with Crippen LogP contribution in [-0.2, 0) is 17.0 Å². The van der Waals surface area contributed by atoms with E-state index in [9.17, 15) is 4.79 Å². The van der Waals surface area contributed by atoms with Gasteiger partial charge in [0.05, 0.1) is 6.42 Å². The van der Waals surface area contributed by atoms with Gasteiger partial charge in [0.25, 0.3) is 0 Å². The topological polar surface area (TPSA) is 54.9 Å². The quantitative estimate of drug-likeness (QED) is 0.502. The molecule has 0 saturated heterocycles. The van der Waals surface area contributed by atoms with E-state index in [1.54, 1.807) is 11.8 Å². The van der Waals surface area contributed by atoms with Gasteiger partial charge in [-0.3, -0.25) is 4.79 Å². The number of halogens is 1. The molecule has 0 bridgehead atoms. The summed E-state index contributed by atoms with van der Waals surface area (Å²) >= 11 is 9.05. The number of nitrogens with one attached hydrogen (secondary N) is 1. The molecule has 0 aliphatic rings. The number of thioether (sulfide) groups is 1. The average Bonchev–Trinajstić information content (AvgIpc) is 3.02. The van der Waals surface area contributed by atoms with Crippen molar-refractivity contribution in [3.05, 3.63) is 70.7 Å². The van der Waals surface area contributed by atoms with Crippen LogP contribution in [0.1, 0.15) is 11.1 Å². The van der Waals surface area contributed by atoms with E-state index < -0.39 is 0 Å². The first-order valence-corrected chi connectivity index (χ1v) is 9.42. The molecule has 1 N–H and O–H groups in total. The molecule has 0 fully saturated rings. The van der Waals surface area contributed by atoms with E-state index in [2.05, 4.69) is 15.5 Å². The highest BCUT2D eigenvalue weighted by atomic mass is 35.5. The predicted molar refractivity (Wildman–Crippen MR) is 99.7 cm³/mol. The third-order valence-electron chi connectivity index (χ3n) is 3.17. The number of carbonyl (C=O) groups is 1. The van der Waals surface area contributed by atoms with Gasteiger partial charge >= 0.3 is 0 Å². The molecule has 3 aromatic rings. The third-order valence-corrected chi connectivity index (χ3v) is 5.56. The molecule has 0 saturated carbocycles. The van der Waals surface area contributed by atoms with Gasteiger partial charge in [-0.05, 0) is 17.2 Å². The van der Waals surface area contributed by atoms with E-state index >= 15 is 0 Å². The molecular weight excluding hydrogens is 362 g/mol. The average molecular weight is 376 g/mol. The van der Waals surface area contributed by atoms with E-state index in [0.717, 1.165) is 20.5 Å². The number of aromatic nitrogens is 2. The van der Waals surface area contributed by atoms with Gasteiger partial charge in [-0.15, -0.1) is 10.2 Å². The van der Waals surface area contributed by atoms with Crippen LogP contribution >= 0.6 is 34.7 Å². The molecule has 0 aliphatic carbocycles. The standard InChI is InChI=1S/C17H14ClN3OS2/c18-14-9-5-4-8-13(14)11-23-17-21-20-16(24-17)19-15(22)10-12-6-2-1-3-7-12/h1-9H,10-11H2,(H,19,20,22). The fraction of sp³-hybridized carbons (Fsp3) is 0.118. The molecular formula is C17H14ClN3OS2. The monoisotopic (exact) mass is 375 g/mol. The first kappa shape index (κ1) is 17.0. The van der Waals surface area contributed by atoms with Crippen molar-refractivity contribution in [2.24, 2.45) is 0 Å². The number of hydrogen-bond acceptors (Lipinski definition) is 5. The Kier molecular flexibility index (Phi) is 5.85. The van der Waals surface area contributed by atoms with Gasteiger partial charge < -0.3 is 5.32 Å². The Bertz CT molecular complexity index is 823. The summed E-state index contributed by atoms with van der Waals surface area (Å²) in [6.45, 7) is 0. The first-order chi connectivity index (χ1) is 11.7. The fourth-order valence-corrected chi connectivity index (χ4v) is 4.07. The minimum atomic E-state index is -0.0972. The molecule has 24 heavy (non-hydrogen) atoms. The van der Waals surface area contributed by atoms with Crippen molar-refractivity contribution in [2.75, 3.05) is 5.32 Å². The Morgan fingerprint density at radius 1 is 1.08 bits per heavy atom. The molecule has 0 spiro atoms. The van der Waals surface area contributed by atoms with Crippen LogP contribution in [-0.4, -0.2) is 16.1 Å². The van der Waals surface area contributed by atoms with Gasteiger partial charge in [0.15, 0.2) is 4.34 Å². The summed E-state index contributed by atoms with van der Waals surface area (Å²) in [5, 5.41) is 12.2. The molecule has 0 unspecified atom stereocenters. The smallest absolute Gasteiger partial charge is 0.230 e. The Morgan fingerprint density at radius 3 is 2.62 bits per heavy atom. The highest BCUT2D eigenvalue weighted by molar-refractivity contribution is 8.00. The maximum Gasteiger partial charge on any atom is 0.230 e. The lowest BCUT2D eigenvalue weighted by molar-refractivity contribution is -0.115. The summed E-state index contributed by atoms with van der Waals surface area (Å²) in [5.74, 6) is 0.617. The van der Waals surface area contributed by atoms with E-state index in [1.165, 1.54) is 11.3 Å². The lowest BCUT2D eigenvalue weighted by atomic mass is 10.1. The second-order valence-corrected chi connectivity index (χ2v) is 7.57. The van der Waals surface area contributed by atoms with Crippen LogP contribution in [0.25, 0.3) is 0 Å². The Balaban J connectivity index is 1.54. The lowest BCUT2D eigenvalue weighted by Gasteiger charge is -2.01. The highest BCUT2D eigenvalue weighted by Crippen LogP contribution is 2.30. The van der Waals surface area contributed by atoms with E-state index in [-0.39, 0.29) is 5.91 Å². The fourth-order valence-electron chi connectivity index (χ4n) is 2.02. The number of amides is 1. The molecule has 0 radical (unpaired) electrons. The minimum Gasteiger partial charge on any atom is -0.300 e. The zero-order valence-corrected chi connectivity index (χ0v) is 15.0. The van der Waals surface area contributed by atoms with Gasteiger partial charge in [0, 0.05) is 10.8 Å². The maximum atomic E-state index is 12.0. The minimum absolute atomic E-state index is 0.0972. The first-order valence-electron chi connectivity index (χ1n) is 7.24. The molecule has 1 heterocycles. The Hall–Kier alpha value is -1.89. The van der Waals surface area contributed by atoms with E-state index in [4.69, 9.17) is 11.6 Å². The van der Waals surface area contributed by atoms with Crippen molar-refractivity contribution >= 4 is 45.7 Å². The summed E-state index contributed by atoms with van der Waals surface area (Å²) in [4.78, 5) is 12.0. The largest absolute Gasteiger partial charge is 0.300 e. The molecule has 1 amide bonds. The van der Waals surface area contributed by atoms with Crippen molar-refractivity contribution < 1.29 is 4.79 Å². The van der Waals surface area contributed by atoms with Crippen LogP contribution in [0, 0.1) is 0 Å². The normalized spacial score (nSPS) is 10.5. The molecule has 3 rings (SSSR count). The van der Waals surface area contributed by atoms with Crippen LogP contribution in [0.5, 0.6) is 0 Å². The van der Waals surface area contributed by atoms with Crippen LogP contribution < -0.4 is 5.32 Å². The second kappa shape index (κ2) is 8.28. The Morgan fingerprint density at radius 2 is 1.83 bits per heavy atom. The summed E-state index contributed by atoms with van der Waals surface area (Å²) in [5.41, 5.74) is 2.02. The molecule has 4 nitrogen and oxygen atoms in total. The molecule has 122 valence electrons. The van der Waals surface area contributed by atoms with Crippen LogP contribution in [0.4, 0.5) is 5.13 Å². The van der Waals surface area contributed by atoms with Crippen LogP contribution in [0.3, 0.4) is 0 Å². The molecule has 0 atom stereocenters. The van der Waals surface area contributed by atoms with Crippen molar-refractivity contribution in [1.82, 2.24) is 10.2 Å². The number of benzene rings is 2. The zero-order chi connectivity index (χ0) is 16.8. The Labute approximate surface area is 153 Å². The predicted octanol–water partition coefficient (Wildman–Crippen LogP) is 4.67. The number of nitrogens with zero attached hydrogens (tertiary/aromatic N) is 2. The van der Waals surface area contributed by atoms with Gasteiger partial charge in [0.1, 0.15) is 0 Å². The molecule has 1 aromatic heterocycles. The van der Waals surface area contributed by atoms with Crippen molar-refractivity contribution in [2.45, 2.75) is 16.5 Å². The summed E-state index contributed by atoms with van der Waals surface area (Å²) in [6, 6.07) is 17.3. The highest BCUT2D eigenvalue weighted by Gasteiger charge is 2.10. The number of anilines is 1. The maximum absolute atomic E-state index is 12.0. The van der Waals surface area contributed by atoms with Crippen molar-refractivity contribution in [3.63, 3.8) is 0 Å². The summed E-state index contributed by atoms with van der Waals surface area (Å²) in [7, 11) is 0. The van der Waals surface area contributed by atoms with Gasteiger partial charge in [-0.1, -0.05) is 83.2 Å². The SMILES string of the molecule is O=C(Cc1ccccc1)Nc1nnc(SCc2ccccc2Cl)s1. The molecule has 0 aliphatic heterocycles.